The zero-order chi connectivity index (χ0) is 22.6. The molecule has 0 bridgehead atoms. The molecule has 2 rings (SSSR count). The predicted octanol–water partition coefficient (Wildman–Crippen LogP) is -6.40. The van der Waals surface area contributed by atoms with Crippen molar-refractivity contribution < 1.29 is 59.9 Å². The topological polar surface area (TPSA) is 238 Å². The quantitative estimate of drug-likeness (QED) is 0.166. The van der Waals surface area contributed by atoms with Gasteiger partial charge in [-0.1, -0.05) is 0 Å². The normalized spacial score (nSPS) is 41.9. The first-order valence-electron chi connectivity index (χ1n) is 9.37. The fourth-order valence-electron chi connectivity index (χ4n) is 3.03. The number of rotatable bonds is 7. The van der Waals surface area contributed by atoms with E-state index >= 15 is 0 Å². The molecule has 2 fully saturated rings. The van der Waals surface area contributed by atoms with Gasteiger partial charge >= 0.3 is 0 Å². The minimum Gasteiger partial charge on any atom is -0.387 e. The second kappa shape index (κ2) is 10.7. The number of unbranched alkanes of at least 4 members (excludes halogenated alkanes) is 1. The number of aliphatic hydroxyl groups is 8. The molecule has 2 saturated heterocycles. The third-order valence-corrected chi connectivity index (χ3v) is 4.90. The van der Waals surface area contributed by atoms with Crippen LogP contribution in [-0.4, -0.2) is 127 Å². The minimum absolute atomic E-state index is 0.0994. The summed E-state index contributed by atoms with van der Waals surface area (Å²) in [6.45, 7) is 0.199. The first-order valence-corrected chi connectivity index (χ1v) is 9.37. The molecule has 0 aliphatic carbocycles. The molecule has 0 unspecified atom stereocenters. The van der Waals surface area contributed by atoms with Crippen molar-refractivity contribution in [3.05, 3.63) is 0 Å². The number of nitrogens with one attached hydrogen (secondary N) is 2. The molecule has 10 atom stereocenters. The number of amides is 2. The summed E-state index contributed by atoms with van der Waals surface area (Å²) in [5.74, 6) is -1.62. The van der Waals surface area contributed by atoms with Crippen LogP contribution in [0.3, 0.4) is 0 Å². The van der Waals surface area contributed by atoms with E-state index in [1.54, 1.807) is 0 Å². The Morgan fingerprint density at radius 2 is 0.900 bits per heavy atom. The van der Waals surface area contributed by atoms with E-state index in [0.29, 0.717) is 12.8 Å². The van der Waals surface area contributed by atoms with Crippen LogP contribution in [0.2, 0.25) is 0 Å². The van der Waals surface area contributed by atoms with E-state index in [0.717, 1.165) is 0 Å². The lowest BCUT2D eigenvalue weighted by Gasteiger charge is -2.37. The van der Waals surface area contributed by atoms with Gasteiger partial charge in [-0.2, -0.15) is 0 Å². The minimum atomic E-state index is -1.83. The van der Waals surface area contributed by atoms with Crippen molar-refractivity contribution in [2.24, 2.45) is 0 Å². The van der Waals surface area contributed by atoms with E-state index in [4.69, 9.17) is 9.47 Å². The lowest BCUT2D eigenvalue weighted by atomic mass is 9.98. The van der Waals surface area contributed by atoms with Gasteiger partial charge in [0.15, 0.2) is 24.8 Å². The highest BCUT2D eigenvalue weighted by molar-refractivity contribution is 5.82. The maximum absolute atomic E-state index is 12.0. The summed E-state index contributed by atoms with van der Waals surface area (Å²) in [5, 5.41) is 81.1. The highest BCUT2D eigenvalue weighted by Gasteiger charge is 2.47. The predicted molar refractivity (Wildman–Crippen MR) is 93.1 cm³/mol. The Morgan fingerprint density at radius 1 is 0.567 bits per heavy atom. The van der Waals surface area contributed by atoms with Gasteiger partial charge in [0, 0.05) is 13.1 Å². The number of carbonyl (C=O) groups is 2. The summed E-state index contributed by atoms with van der Waals surface area (Å²) in [6, 6.07) is 0. The SMILES string of the molecule is O=C(NCCCCNC(=O)[C@H]1O[C@H](O)[C@H](O)[C@@H](O)[C@H]1O)[C@H]1O[C@H](O)[C@H](O)[C@@H](O)[C@H]1O. The van der Waals surface area contributed by atoms with Gasteiger partial charge in [0.2, 0.25) is 0 Å². The van der Waals surface area contributed by atoms with Crippen LogP contribution in [0.1, 0.15) is 12.8 Å². The Kier molecular flexibility index (Phi) is 8.86. The molecule has 0 aromatic rings. The first-order chi connectivity index (χ1) is 14.1. The van der Waals surface area contributed by atoms with Crippen molar-refractivity contribution >= 4 is 11.8 Å². The summed E-state index contributed by atoms with van der Waals surface area (Å²) < 4.78 is 9.57. The second-order valence-corrected chi connectivity index (χ2v) is 7.13. The molecule has 10 N–H and O–H groups in total. The fraction of sp³-hybridized carbons (Fsp3) is 0.875. The summed E-state index contributed by atoms with van der Waals surface area (Å²) in [4.78, 5) is 24.0. The number of hydrogen-bond donors (Lipinski definition) is 10. The molecule has 2 aliphatic rings. The Labute approximate surface area is 170 Å². The van der Waals surface area contributed by atoms with Gasteiger partial charge < -0.3 is 61.0 Å². The molecule has 0 aromatic carbocycles. The zero-order valence-electron chi connectivity index (χ0n) is 15.8. The number of ether oxygens (including phenoxy) is 2. The third kappa shape index (κ3) is 5.61. The molecule has 30 heavy (non-hydrogen) atoms. The van der Waals surface area contributed by atoms with Gasteiger partial charge in [0.25, 0.3) is 11.8 Å². The molecule has 0 spiro atoms. The van der Waals surface area contributed by atoms with Gasteiger partial charge in [-0.25, -0.2) is 0 Å². The molecule has 0 radical (unpaired) electrons. The maximum Gasteiger partial charge on any atom is 0.252 e. The van der Waals surface area contributed by atoms with E-state index < -0.39 is 73.2 Å². The van der Waals surface area contributed by atoms with Crippen LogP contribution in [0, 0.1) is 0 Å². The molecule has 2 heterocycles. The molecular weight excluding hydrogens is 412 g/mol. The van der Waals surface area contributed by atoms with Gasteiger partial charge in [0.05, 0.1) is 0 Å². The highest BCUT2D eigenvalue weighted by atomic mass is 16.6. The average Bonchev–Trinajstić information content (AvgIpc) is 2.72. The van der Waals surface area contributed by atoms with Gasteiger partial charge in [-0.3, -0.25) is 9.59 Å². The van der Waals surface area contributed by atoms with Crippen molar-refractivity contribution in [3.63, 3.8) is 0 Å². The Bertz CT molecular complexity index is 545. The molecule has 174 valence electrons. The van der Waals surface area contributed by atoms with E-state index in [1.807, 2.05) is 0 Å². The van der Waals surface area contributed by atoms with Crippen molar-refractivity contribution in [1.29, 1.82) is 0 Å². The van der Waals surface area contributed by atoms with Crippen molar-refractivity contribution in [2.75, 3.05) is 13.1 Å². The molecule has 0 aromatic heterocycles. The molecule has 2 aliphatic heterocycles. The van der Waals surface area contributed by atoms with Gasteiger partial charge in [-0.15, -0.1) is 0 Å². The summed E-state index contributed by atoms with van der Waals surface area (Å²) in [5.41, 5.74) is 0. The Morgan fingerprint density at radius 3 is 1.23 bits per heavy atom. The van der Waals surface area contributed by atoms with Gasteiger partial charge in [-0.05, 0) is 12.8 Å². The van der Waals surface area contributed by atoms with Crippen molar-refractivity contribution in [1.82, 2.24) is 10.6 Å². The fourth-order valence-corrected chi connectivity index (χ4v) is 3.03. The van der Waals surface area contributed by atoms with E-state index in [2.05, 4.69) is 10.6 Å². The number of carbonyl (C=O) groups excluding carboxylic acids is 2. The summed E-state index contributed by atoms with van der Waals surface area (Å²) in [7, 11) is 0. The monoisotopic (exact) mass is 440 g/mol. The third-order valence-electron chi connectivity index (χ3n) is 4.90. The average molecular weight is 440 g/mol. The number of hydrogen-bond acceptors (Lipinski definition) is 12. The van der Waals surface area contributed by atoms with Crippen LogP contribution in [-0.2, 0) is 19.1 Å². The largest absolute Gasteiger partial charge is 0.387 e. The van der Waals surface area contributed by atoms with Crippen LogP contribution in [0.4, 0.5) is 0 Å². The summed E-state index contributed by atoms with van der Waals surface area (Å²) in [6.07, 6.45) is -16.5. The van der Waals surface area contributed by atoms with Crippen LogP contribution >= 0.6 is 0 Å². The first kappa shape index (κ1) is 24.8. The smallest absolute Gasteiger partial charge is 0.252 e. The Balaban J connectivity index is 1.66. The standard InChI is InChI=1S/C16H28N2O12/c19-5-7(21)11(29-15(27)9(5)23)13(25)17-3-1-2-4-18-14(26)12-8(22)6(20)10(24)16(28)30-12/h5-12,15-16,19-24,27-28H,1-4H2,(H,17,25)(H,18,26)/t5-,6-,7+,8+,9+,10+,11-,12-,15-,16-/m0/s1. The summed E-state index contributed by atoms with van der Waals surface area (Å²) >= 11 is 0. The van der Waals surface area contributed by atoms with Crippen molar-refractivity contribution in [3.8, 4) is 0 Å². The van der Waals surface area contributed by atoms with Crippen LogP contribution in [0.25, 0.3) is 0 Å². The molecule has 14 nitrogen and oxygen atoms in total. The van der Waals surface area contributed by atoms with E-state index in [9.17, 15) is 50.4 Å². The molecule has 2 amide bonds. The zero-order valence-corrected chi connectivity index (χ0v) is 15.8. The van der Waals surface area contributed by atoms with Crippen LogP contribution < -0.4 is 10.6 Å². The van der Waals surface area contributed by atoms with Gasteiger partial charge in [0.1, 0.15) is 36.6 Å². The van der Waals surface area contributed by atoms with Crippen molar-refractivity contribution in [2.45, 2.75) is 74.3 Å². The second-order valence-electron chi connectivity index (χ2n) is 7.13. The number of aliphatic hydroxyl groups excluding tert-OH is 8. The molecular formula is C16H28N2O12. The van der Waals surface area contributed by atoms with E-state index in [1.165, 1.54) is 0 Å². The lowest BCUT2D eigenvalue weighted by molar-refractivity contribution is -0.275. The van der Waals surface area contributed by atoms with Crippen LogP contribution in [0.5, 0.6) is 0 Å². The molecule has 14 heteroatoms. The Hall–Kier alpha value is -1.46. The highest BCUT2D eigenvalue weighted by Crippen LogP contribution is 2.21. The lowest BCUT2D eigenvalue weighted by Crippen LogP contribution is -2.61. The maximum atomic E-state index is 12.0. The van der Waals surface area contributed by atoms with Crippen LogP contribution in [0.15, 0.2) is 0 Å². The van der Waals surface area contributed by atoms with E-state index in [-0.39, 0.29) is 13.1 Å². The molecule has 0 saturated carbocycles.